The van der Waals surface area contributed by atoms with Crippen molar-refractivity contribution in [1.29, 1.82) is 0 Å². The molecule has 0 aliphatic carbocycles. The summed E-state index contributed by atoms with van der Waals surface area (Å²) >= 11 is 1.57. The molecule has 1 aliphatic heterocycles. The predicted molar refractivity (Wildman–Crippen MR) is 87.6 cm³/mol. The largest absolute Gasteiger partial charge is 0.394 e. The Bertz CT molecular complexity index is 503. The van der Waals surface area contributed by atoms with Crippen LogP contribution in [-0.2, 0) is 9.47 Å². The first-order chi connectivity index (χ1) is 11.0. The molecule has 1 atom stereocenters. The minimum atomic E-state index is -0.459. The van der Waals surface area contributed by atoms with Crippen LogP contribution in [0.4, 0.5) is 4.79 Å². The van der Waals surface area contributed by atoms with Gasteiger partial charge in [0.05, 0.1) is 24.9 Å². The van der Waals surface area contributed by atoms with E-state index in [-0.39, 0.29) is 25.3 Å². The second-order valence-electron chi connectivity index (χ2n) is 5.73. The van der Waals surface area contributed by atoms with Gasteiger partial charge in [0.1, 0.15) is 5.01 Å². The number of urea groups is 1. The van der Waals surface area contributed by atoms with Gasteiger partial charge in [-0.25, -0.2) is 9.78 Å². The van der Waals surface area contributed by atoms with E-state index in [9.17, 15) is 4.79 Å². The van der Waals surface area contributed by atoms with E-state index in [1.165, 1.54) is 0 Å². The number of rotatable bonds is 7. The van der Waals surface area contributed by atoms with Crippen LogP contribution >= 0.6 is 11.3 Å². The molecule has 0 spiro atoms. The second-order valence-corrected chi connectivity index (χ2v) is 6.99. The molecule has 1 aromatic rings. The van der Waals surface area contributed by atoms with Crippen LogP contribution in [0.15, 0.2) is 6.20 Å². The molecule has 130 valence electrons. The number of amides is 2. The number of nitrogens with one attached hydrogen (secondary N) is 2. The molecule has 23 heavy (non-hydrogen) atoms. The molecule has 1 aliphatic rings. The SMILES string of the molecule is Cc1cnc([C@H](C)NC(=O)NCC2(OCCO)CCOCC2)s1. The van der Waals surface area contributed by atoms with Crippen molar-refractivity contribution in [3.8, 4) is 0 Å². The fourth-order valence-corrected chi connectivity index (χ4v) is 3.28. The van der Waals surface area contributed by atoms with Crippen LogP contribution in [0.25, 0.3) is 0 Å². The van der Waals surface area contributed by atoms with Gasteiger partial charge in [0.2, 0.25) is 0 Å². The lowest BCUT2D eigenvalue weighted by atomic mass is 9.94. The van der Waals surface area contributed by atoms with Gasteiger partial charge in [-0.1, -0.05) is 0 Å². The average molecular weight is 343 g/mol. The van der Waals surface area contributed by atoms with Crippen LogP contribution in [0.1, 0.15) is 35.7 Å². The van der Waals surface area contributed by atoms with E-state index >= 15 is 0 Å². The maximum atomic E-state index is 12.1. The highest BCUT2D eigenvalue weighted by Gasteiger charge is 2.34. The zero-order valence-electron chi connectivity index (χ0n) is 13.6. The minimum absolute atomic E-state index is 0.0325. The highest BCUT2D eigenvalue weighted by Crippen LogP contribution is 2.24. The van der Waals surface area contributed by atoms with Gasteiger partial charge in [0.25, 0.3) is 0 Å². The zero-order valence-corrected chi connectivity index (χ0v) is 14.4. The summed E-state index contributed by atoms with van der Waals surface area (Å²) < 4.78 is 11.1. The fraction of sp³-hybridized carbons (Fsp3) is 0.733. The molecule has 0 radical (unpaired) electrons. The van der Waals surface area contributed by atoms with Gasteiger partial charge >= 0.3 is 6.03 Å². The molecule has 1 fully saturated rings. The van der Waals surface area contributed by atoms with E-state index in [0.717, 1.165) is 9.88 Å². The van der Waals surface area contributed by atoms with Crippen molar-refractivity contribution in [3.05, 3.63) is 16.1 Å². The summed E-state index contributed by atoms with van der Waals surface area (Å²) in [6, 6.07) is -0.387. The summed E-state index contributed by atoms with van der Waals surface area (Å²) in [5, 5.41) is 15.6. The monoisotopic (exact) mass is 343 g/mol. The lowest BCUT2D eigenvalue weighted by molar-refractivity contribution is -0.114. The standard InChI is InChI=1S/C15H25N3O4S/c1-11-9-16-13(23-11)12(2)18-14(20)17-10-15(22-8-5-19)3-6-21-7-4-15/h9,12,19H,3-8,10H2,1-2H3,(H2,17,18,20)/t12-/m0/s1. The Kier molecular flexibility index (Phi) is 6.76. The van der Waals surface area contributed by atoms with E-state index < -0.39 is 5.60 Å². The van der Waals surface area contributed by atoms with Crippen molar-refractivity contribution in [2.45, 2.75) is 38.3 Å². The van der Waals surface area contributed by atoms with Crippen LogP contribution < -0.4 is 10.6 Å². The Hall–Kier alpha value is -1.22. The highest BCUT2D eigenvalue weighted by molar-refractivity contribution is 7.11. The first-order valence-corrected chi connectivity index (χ1v) is 8.65. The van der Waals surface area contributed by atoms with Crippen LogP contribution in [-0.4, -0.2) is 54.7 Å². The number of aryl methyl sites for hydroxylation is 1. The lowest BCUT2D eigenvalue weighted by Crippen LogP contribution is -2.51. The highest BCUT2D eigenvalue weighted by atomic mass is 32.1. The third-order valence-electron chi connectivity index (χ3n) is 3.83. The Labute approximate surface area is 140 Å². The molecule has 3 N–H and O–H groups in total. The fourth-order valence-electron chi connectivity index (χ4n) is 2.50. The van der Waals surface area contributed by atoms with E-state index in [1.807, 2.05) is 13.8 Å². The van der Waals surface area contributed by atoms with E-state index in [1.54, 1.807) is 17.5 Å². The van der Waals surface area contributed by atoms with Crippen LogP contribution in [0, 0.1) is 6.92 Å². The average Bonchev–Trinajstić information content (AvgIpc) is 2.99. The molecule has 7 nitrogen and oxygen atoms in total. The molecular weight excluding hydrogens is 318 g/mol. The maximum absolute atomic E-state index is 12.1. The second kappa shape index (κ2) is 8.58. The smallest absolute Gasteiger partial charge is 0.315 e. The molecule has 2 heterocycles. The first kappa shape index (κ1) is 18.1. The molecule has 1 aromatic heterocycles. The van der Waals surface area contributed by atoms with Gasteiger partial charge in [0.15, 0.2) is 0 Å². The van der Waals surface area contributed by atoms with Crippen molar-refractivity contribution >= 4 is 17.4 Å². The number of ether oxygens (including phenoxy) is 2. The topological polar surface area (TPSA) is 92.7 Å². The molecule has 0 bridgehead atoms. The predicted octanol–water partition coefficient (Wildman–Crippen LogP) is 1.37. The number of hydrogen-bond acceptors (Lipinski definition) is 6. The Morgan fingerprint density at radius 2 is 2.30 bits per heavy atom. The summed E-state index contributed by atoms with van der Waals surface area (Å²) in [6.07, 6.45) is 3.21. The van der Waals surface area contributed by atoms with Crippen LogP contribution in [0.2, 0.25) is 0 Å². The summed E-state index contributed by atoms with van der Waals surface area (Å²) in [7, 11) is 0. The first-order valence-electron chi connectivity index (χ1n) is 7.84. The molecule has 1 saturated heterocycles. The number of hydrogen-bond donors (Lipinski definition) is 3. The summed E-state index contributed by atoms with van der Waals surface area (Å²) in [5.74, 6) is 0. The molecule has 2 rings (SSSR count). The number of carbonyl (C=O) groups is 1. The summed E-state index contributed by atoms with van der Waals surface area (Å²) in [5.41, 5.74) is -0.459. The van der Waals surface area contributed by atoms with Crippen molar-refractivity contribution < 1.29 is 19.4 Å². The summed E-state index contributed by atoms with van der Waals surface area (Å²) in [4.78, 5) is 17.5. The Morgan fingerprint density at radius 1 is 1.57 bits per heavy atom. The Morgan fingerprint density at radius 3 is 2.91 bits per heavy atom. The molecule has 0 unspecified atom stereocenters. The van der Waals surface area contributed by atoms with E-state index in [0.29, 0.717) is 32.6 Å². The maximum Gasteiger partial charge on any atom is 0.315 e. The quantitative estimate of drug-likeness (QED) is 0.695. The van der Waals surface area contributed by atoms with Crippen LogP contribution in [0.5, 0.6) is 0 Å². The molecule has 8 heteroatoms. The normalized spacial score (nSPS) is 18.4. The van der Waals surface area contributed by atoms with Gasteiger partial charge in [-0.05, 0) is 13.8 Å². The lowest BCUT2D eigenvalue weighted by Gasteiger charge is -2.37. The molecule has 2 amide bonds. The van der Waals surface area contributed by atoms with Crippen LogP contribution in [0.3, 0.4) is 0 Å². The van der Waals surface area contributed by atoms with Crippen molar-refractivity contribution in [1.82, 2.24) is 15.6 Å². The van der Waals surface area contributed by atoms with Crippen molar-refractivity contribution in [2.24, 2.45) is 0 Å². The summed E-state index contributed by atoms with van der Waals surface area (Å²) in [6.45, 7) is 5.72. The number of aromatic nitrogens is 1. The van der Waals surface area contributed by atoms with Crippen molar-refractivity contribution in [3.63, 3.8) is 0 Å². The minimum Gasteiger partial charge on any atom is -0.394 e. The molecule has 0 saturated carbocycles. The molecular formula is C15H25N3O4S. The Balaban J connectivity index is 1.83. The van der Waals surface area contributed by atoms with Gasteiger partial charge in [-0.2, -0.15) is 0 Å². The van der Waals surface area contributed by atoms with E-state index in [2.05, 4.69) is 15.6 Å². The number of aliphatic hydroxyl groups excluding tert-OH is 1. The van der Waals surface area contributed by atoms with Gasteiger partial charge < -0.3 is 25.2 Å². The van der Waals surface area contributed by atoms with Gasteiger partial charge in [0, 0.05) is 43.7 Å². The third kappa shape index (κ3) is 5.42. The number of nitrogens with zero attached hydrogens (tertiary/aromatic N) is 1. The number of carbonyl (C=O) groups excluding carboxylic acids is 1. The number of aliphatic hydroxyl groups is 1. The van der Waals surface area contributed by atoms with Crippen molar-refractivity contribution in [2.75, 3.05) is 33.0 Å². The van der Waals surface area contributed by atoms with Gasteiger partial charge in [-0.3, -0.25) is 0 Å². The zero-order chi connectivity index (χ0) is 16.7. The van der Waals surface area contributed by atoms with Gasteiger partial charge in [-0.15, -0.1) is 11.3 Å². The van der Waals surface area contributed by atoms with E-state index in [4.69, 9.17) is 14.6 Å². The molecule has 0 aromatic carbocycles. The third-order valence-corrected chi connectivity index (χ3v) is 4.93. The number of thiazole rings is 1.